The Morgan fingerprint density at radius 3 is 1.65 bits per heavy atom. The minimum atomic E-state index is -0.0385. The van der Waals surface area contributed by atoms with Gasteiger partial charge in [-0.05, 0) is 25.8 Å². The van der Waals surface area contributed by atoms with Gasteiger partial charge >= 0.3 is 5.97 Å². The van der Waals surface area contributed by atoms with E-state index in [0.29, 0.717) is 6.61 Å². The molecule has 1 atom stereocenters. The zero-order chi connectivity index (χ0) is 18.7. The van der Waals surface area contributed by atoms with Gasteiger partial charge in [0.2, 0.25) is 0 Å². The molecule has 1 N–H and O–H groups in total. The third-order valence-corrected chi connectivity index (χ3v) is 5.59. The lowest BCUT2D eigenvalue weighted by molar-refractivity contribution is -0.145. The molecule has 0 aromatic heterocycles. The summed E-state index contributed by atoms with van der Waals surface area (Å²) in [4.78, 5) is 11.7. The molecule has 0 unspecified atom stereocenters. The normalized spacial score (nSPS) is 16.9. The fourth-order valence-corrected chi connectivity index (χ4v) is 3.81. The van der Waals surface area contributed by atoms with Crippen LogP contribution in [0.3, 0.4) is 0 Å². The van der Waals surface area contributed by atoms with E-state index in [1.807, 2.05) is 0 Å². The molecular formula is C23H45NO2. The molecule has 0 radical (unpaired) electrons. The van der Waals surface area contributed by atoms with Crippen LogP contribution in [0.4, 0.5) is 0 Å². The number of carbonyl (C=O) groups is 1. The molecule has 0 spiro atoms. The predicted molar refractivity (Wildman–Crippen MR) is 112 cm³/mol. The van der Waals surface area contributed by atoms with Crippen molar-refractivity contribution in [3.63, 3.8) is 0 Å². The molecule has 0 aromatic rings. The van der Waals surface area contributed by atoms with Gasteiger partial charge in [-0.3, -0.25) is 4.79 Å². The summed E-state index contributed by atoms with van der Waals surface area (Å²) in [5.74, 6) is -0.0385. The lowest BCUT2D eigenvalue weighted by Crippen LogP contribution is -2.32. The van der Waals surface area contributed by atoms with Gasteiger partial charge in [0.05, 0.1) is 6.61 Å². The average Bonchev–Trinajstić information content (AvgIpc) is 3.19. The summed E-state index contributed by atoms with van der Waals surface area (Å²) >= 11 is 0. The first kappa shape index (κ1) is 23.5. The quantitative estimate of drug-likeness (QED) is 0.221. The molecule has 0 saturated carbocycles. The first-order valence-corrected chi connectivity index (χ1v) is 11.7. The summed E-state index contributed by atoms with van der Waals surface area (Å²) in [6.07, 6.45) is 24.0. The highest BCUT2D eigenvalue weighted by Crippen LogP contribution is 2.14. The van der Waals surface area contributed by atoms with E-state index in [1.165, 1.54) is 96.3 Å². The first-order chi connectivity index (χ1) is 12.8. The van der Waals surface area contributed by atoms with Crippen LogP contribution in [0.25, 0.3) is 0 Å². The minimum absolute atomic E-state index is 0.0314. The van der Waals surface area contributed by atoms with Gasteiger partial charge in [0, 0.05) is 0 Å². The van der Waals surface area contributed by atoms with Crippen LogP contribution in [0, 0.1) is 0 Å². The predicted octanol–water partition coefficient (Wildman–Crippen LogP) is 6.54. The van der Waals surface area contributed by atoms with Gasteiger partial charge in [0.25, 0.3) is 0 Å². The van der Waals surface area contributed by atoms with Crippen molar-refractivity contribution in [2.45, 2.75) is 129 Å². The molecule has 1 heterocycles. The van der Waals surface area contributed by atoms with Crippen molar-refractivity contribution in [3.8, 4) is 0 Å². The van der Waals surface area contributed by atoms with Crippen LogP contribution in [0.5, 0.6) is 0 Å². The second kappa shape index (κ2) is 17.8. The van der Waals surface area contributed by atoms with E-state index < -0.39 is 0 Å². The monoisotopic (exact) mass is 367 g/mol. The Kier molecular flexibility index (Phi) is 16.1. The van der Waals surface area contributed by atoms with Gasteiger partial charge in [-0.25, -0.2) is 0 Å². The van der Waals surface area contributed by atoms with E-state index in [4.69, 9.17) is 4.74 Å². The summed E-state index contributed by atoms with van der Waals surface area (Å²) in [6.45, 7) is 3.85. The number of hydrogen-bond donors (Lipinski definition) is 1. The van der Waals surface area contributed by atoms with Crippen LogP contribution in [-0.2, 0) is 9.53 Å². The van der Waals surface area contributed by atoms with Crippen molar-refractivity contribution in [2.24, 2.45) is 0 Å². The number of hydrogen-bond acceptors (Lipinski definition) is 3. The molecule has 3 nitrogen and oxygen atoms in total. The molecule has 1 saturated heterocycles. The minimum Gasteiger partial charge on any atom is -0.465 e. The second-order valence-corrected chi connectivity index (χ2v) is 8.12. The molecule has 26 heavy (non-hydrogen) atoms. The number of nitrogens with one attached hydrogen (secondary N) is 1. The van der Waals surface area contributed by atoms with Gasteiger partial charge < -0.3 is 10.1 Å². The molecule has 1 fully saturated rings. The highest BCUT2D eigenvalue weighted by molar-refractivity contribution is 5.76. The smallest absolute Gasteiger partial charge is 0.323 e. The summed E-state index contributed by atoms with van der Waals surface area (Å²) in [5.41, 5.74) is 0. The SMILES string of the molecule is CCCCCCCCCCCCCCCCCCOC(=O)[C@@H]1CCCN1. The fraction of sp³-hybridized carbons (Fsp3) is 0.957. The topological polar surface area (TPSA) is 38.3 Å². The Bertz CT molecular complexity index is 313. The Morgan fingerprint density at radius 2 is 1.23 bits per heavy atom. The lowest BCUT2D eigenvalue weighted by Gasteiger charge is -2.10. The van der Waals surface area contributed by atoms with Gasteiger partial charge in [-0.2, -0.15) is 0 Å². The molecule has 1 rings (SSSR count). The van der Waals surface area contributed by atoms with E-state index in [1.54, 1.807) is 0 Å². The Hall–Kier alpha value is -0.570. The highest BCUT2D eigenvalue weighted by Gasteiger charge is 2.22. The molecule has 0 aliphatic carbocycles. The van der Waals surface area contributed by atoms with E-state index in [-0.39, 0.29) is 12.0 Å². The van der Waals surface area contributed by atoms with Crippen LogP contribution >= 0.6 is 0 Å². The van der Waals surface area contributed by atoms with Crippen LogP contribution in [0.15, 0.2) is 0 Å². The van der Waals surface area contributed by atoms with Crippen LogP contribution in [0.1, 0.15) is 122 Å². The van der Waals surface area contributed by atoms with Crippen molar-refractivity contribution < 1.29 is 9.53 Å². The number of carbonyl (C=O) groups excluding carboxylic acids is 1. The van der Waals surface area contributed by atoms with Gasteiger partial charge in [0.15, 0.2) is 0 Å². The van der Waals surface area contributed by atoms with Gasteiger partial charge in [0.1, 0.15) is 6.04 Å². The molecule has 0 amide bonds. The third-order valence-electron chi connectivity index (χ3n) is 5.59. The largest absolute Gasteiger partial charge is 0.465 e. The first-order valence-electron chi connectivity index (χ1n) is 11.7. The Balaban J connectivity index is 1.69. The molecule has 3 heteroatoms. The van der Waals surface area contributed by atoms with Crippen molar-refractivity contribution >= 4 is 5.97 Å². The third kappa shape index (κ3) is 13.6. The molecule has 0 aromatic carbocycles. The zero-order valence-electron chi connectivity index (χ0n) is 17.5. The van der Waals surface area contributed by atoms with Crippen molar-refractivity contribution in [1.82, 2.24) is 5.32 Å². The lowest BCUT2D eigenvalue weighted by atomic mass is 10.0. The molecule has 1 aliphatic rings. The molecular weight excluding hydrogens is 322 g/mol. The maximum Gasteiger partial charge on any atom is 0.323 e. The van der Waals surface area contributed by atoms with Crippen molar-refractivity contribution in [3.05, 3.63) is 0 Å². The van der Waals surface area contributed by atoms with E-state index >= 15 is 0 Å². The number of rotatable bonds is 18. The molecule has 1 aliphatic heterocycles. The van der Waals surface area contributed by atoms with Crippen molar-refractivity contribution in [2.75, 3.05) is 13.2 Å². The number of unbranched alkanes of at least 4 members (excludes halogenated alkanes) is 15. The van der Waals surface area contributed by atoms with E-state index in [9.17, 15) is 4.79 Å². The molecule has 0 bridgehead atoms. The number of ether oxygens (including phenoxy) is 1. The number of esters is 1. The summed E-state index contributed by atoms with van der Waals surface area (Å²) < 4.78 is 5.34. The van der Waals surface area contributed by atoms with Crippen LogP contribution in [0.2, 0.25) is 0 Å². The Morgan fingerprint density at radius 1 is 0.769 bits per heavy atom. The van der Waals surface area contributed by atoms with Crippen molar-refractivity contribution in [1.29, 1.82) is 0 Å². The highest BCUT2D eigenvalue weighted by atomic mass is 16.5. The van der Waals surface area contributed by atoms with Gasteiger partial charge in [-0.15, -0.1) is 0 Å². The fourth-order valence-electron chi connectivity index (χ4n) is 3.81. The summed E-state index contributed by atoms with van der Waals surface area (Å²) in [6, 6.07) is -0.0314. The van der Waals surface area contributed by atoms with Crippen LogP contribution in [-0.4, -0.2) is 25.2 Å². The second-order valence-electron chi connectivity index (χ2n) is 8.12. The van der Waals surface area contributed by atoms with Crippen LogP contribution < -0.4 is 5.32 Å². The van der Waals surface area contributed by atoms with E-state index in [0.717, 1.165) is 25.8 Å². The zero-order valence-corrected chi connectivity index (χ0v) is 17.5. The Labute approximate surface area is 163 Å². The molecule has 154 valence electrons. The summed E-state index contributed by atoms with van der Waals surface area (Å²) in [5, 5.41) is 3.19. The van der Waals surface area contributed by atoms with E-state index in [2.05, 4.69) is 12.2 Å². The maximum absolute atomic E-state index is 11.7. The summed E-state index contributed by atoms with van der Waals surface area (Å²) in [7, 11) is 0. The van der Waals surface area contributed by atoms with Gasteiger partial charge in [-0.1, -0.05) is 103 Å². The maximum atomic E-state index is 11.7. The average molecular weight is 368 g/mol. The standard InChI is InChI=1S/C23H45NO2/c1-2-3-4-5-6-7-8-9-10-11-12-13-14-15-16-17-21-26-23(25)22-19-18-20-24-22/h22,24H,2-21H2,1H3/t22-/m0/s1.